The van der Waals surface area contributed by atoms with Gasteiger partial charge in [0.2, 0.25) is 0 Å². The number of nitrogens with one attached hydrogen (secondary N) is 1. The monoisotopic (exact) mass is 406 g/mol. The first-order valence-electron chi connectivity index (χ1n) is 9.44. The van der Waals surface area contributed by atoms with Crippen LogP contribution in [0.4, 0.5) is 5.69 Å². The Morgan fingerprint density at radius 2 is 1.80 bits per heavy atom. The quantitative estimate of drug-likeness (QED) is 0.452. The van der Waals surface area contributed by atoms with Crippen LogP contribution in [0.25, 0.3) is 0 Å². The summed E-state index contributed by atoms with van der Waals surface area (Å²) in [7, 11) is 0. The Morgan fingerprint density at radius 3 is 2.50 bits per heavy atom. The molecular formula is C23H22N2O5. The number of nitrogens with zero attached hydrogens (tertiary/aromatic N) is 1. The third-order valence-electron chi connectivity index (χ3n) is 4.80. The lowest BCUT2D eigenvalue weighted by Crippen LogP contribution is -2.35. The lowest BCUT2D eigenvalue weighted by molar-refractivity contribution is -0.128. The van der Waals surface area contributed by atoms with E-state index in [0.29, 0.717) is 5.69 Å². The first kappa shape index (κ1) is 21.0. The van der Waals surface area contributed by atoms with Crippen molar-refractivity contribution >= 4 is 29.4 Å². The van der Waals surface area contributed by atoms with Crippen molar-refractivity contribution in [3.63, 3.8) is 0 Å². The van der Waals surface area contributed by atoms with E-state index in [2.05, 4.69) is 11.9 Å². The van der Waals surface area contributed by atoms with E-state index in [1.54, 1.807) is 6.07 Å². The largest absolute Gasteiger partial charge is 0.449 e. The lowest BCUT2D eigenvalue weighted by atomic mass is 10.1. The Kier molecular flexibility index (Phi) is 5.82. The number of fused-ring (bicyclic) bond motifs is 1. The van der Waals surface area contributed by atoms with Gasteiger partial charge in [-0.25, -0.2) is 9.69 Å². The predicted octanol–water partition coefficient (Wildman–Crippen LogP) is 2.95. The molecule has 0 spiro atoms. The fraction of sp³-hybridized carbons (Fsp3) is 0.217. The van der Waals surface area contributed by atoms with E-state index in [1.807, 2.05) is 26.0 Å². The molecule has 0 fully saturated rings. The molecule has 154 valence electrons. The highest BCUT2D eigenvalue weighted by Crippen LogP contribution is 2.31. The van der Waals surface area contributed by atoms with Gasteiger partial charge in [-0.15, -0.1) is 6.58 Å². The van der Waals surface area contributed by atoms with Crippen LogP contribution in [0.5, 0.6) is 0 Å². The fourth-order valence-corrected chi connectivity index (χ4v) is 3.15. The van der Waals surface area contributed by atoms with Crippen molar-refractivity contribution < 1.29 is 23.9 Å². The number of imide groups is 1. The summed E-state index contributed by atoms with van der Waals surface area (Å²) in [6.07, 6.45) is 0.492. The zero-order chi connectivity index (χ0) is 22.0. The van der Waals surface area contributed by atoms with Gasteiger partial charge in [-0.1, -0.05) is 18.2 Å². The van der Waals surface area contributed by atoms with Crippen molar-refractivity contribution in [3.05, 3.63) is 76.9 Å². The number of ether oxygens (including phenoxy) is 1. The van der Waals surface area contributed by atoms with E-state index >= 15 is 0 Å². The van der Waals surface area contributed by atoms with E-state index in [-0.39, 0.29) is 23.2 Å². The number of benzene rings is 2. The molecule has 0 bridgehead atoms. The molecule has 7 nitrogen and oxygen atoms in total. The summed E-state index contributed by atoms with van der Waals surface area (Å²) in [5.74, 6) is -2.17. The van der Waals surface area contributed by atoms with E-state index in [4.69, 9.17) is 4.74 Å². The van der Waals surface area contributed by atoms with Gasteiger partial charge in [-0.05, 0) is 56.2 Å². The van der Waals surface area contributed by atoms with E-state index in [0.717, 1.165) is 16.0 Å². The third kappa shape index (κ3) is 3.87. The normalized spacial score (nSPS) is 13.6. The van der Waals surface area contributed by atoms with Crippen molar-refractivity contribution in [2.75, 3.05) is 11.4 Å². The molecule has 1 N–H and O–H groups in total. The van der Waals surface area contributed by atoms with Crippen molar-refractivity contribution in [2.45, 2.75) is 26.9 Å². The Morgan fingerprint density at radius 1 is 1.10 bits per heavy atom. The molecular weight excluding hydrogens is 384 g/mol. The second-order valence-corrected chi connectivity index (χ2v) is 7.08. The number of carbonyl (C=O) groups is 4. The van der Waals surface area contributed by atoms with Crippen LogP contribution in [-0.2, 0) is 9.53 Å². The van der Waals surface area contributed by atoms with E-state index in [9.17, 15) is 19.2 Å². The molecule has 1 aliphatic heterocycles. The highest BCUT2D eigenvalue weighted by atomic mass is 16.5. The van der Waals surface area contributed by atoms with Crippen LogP contribution in [0.1, 0.15) is 49.1 Å². The Labute approximate surface area is 174 Å². The number of anilines is 1. The molecule has 0 radical (unpaired) electrons. The molecule has 1 aliphatic rings. The number of aryl methyl sites for hydroxylation is 2. The number of amides is 3. The first-order valence-corrected chi connectivity index (χ1v) is 9.44. The van der Waals surface area contributed by atoms with Crippen LogP contribution in [0.2, 0.25) is 0 Å². The topological polar surface area (TPSA) is 92.8 Å². The minimum atomic E-state index is -1.02. The fourth-order valence-electron chi connectivity index (χ4n) is 3.15. The highest BCUT2D eigenvalue weighted by Gasteiger charge is 2.38. The minimum absolute atomic E-state index is 0.0843. The first-order chi connectivity index (χ1) is 14.2. The average Bonchev–Trinajstić information content (AvgIpc) is 2.97. The second-order valence-electron chi connectivity index (χ2n) is 7.08. The molecule has 2 aromatic rings. The van der Waals surface area contributed by atoms with Crippen molar-refractivity contribution in [1.82, 2.24) is 5.32 Å². The number of rotatable bonds is 6. The maximum atomic E-state index is 13.0. The summed E-state index contributed by atoms with van der Waals surface area (Å²) in [4.78, 5) is 51.2. The van der Waals surface area contributed by atoms with Crippen LogP contribution in [-0.4, -0.2) is 36.3 Å². The molecule has 1 atom stereocenters. The van der Waals surface area contributed by atoms with Crippen LogP contribution in [0.3, 0.4) is 0 Å². The average molecular weight is 406 g/mol. The summed E-state index contributed by atoms with van der Waals surface area (Å²) < 4.78 is 5.17. The summed E-state index contributed by atoms with van der Waals surface area (Å²) in [5.41, 5.74) is 2.64. The third-order valence-corrected chi connectivity index (χ3v) is 4.80. The highest BCUT2D eigenvalue weighted by molar-refractivity contribution is 6.35. The predicted molar refractivity (Wildman–Crippen MR) is 112 cm³/mol. The van der Waals surface area contributed by atoms with Gasteiger partial charge in [0.25, 0.3) is 17.7 Å². The van der Waals surface area contributed by atoms with Gasteiger partial charge in [0, 0.05) is 6.54 Å². The molecule has 2 aromatic carbocycles. The van der Waals surface area contributed by atoms with Crippen LogP contribution in [0.15, 0.2) is 49.1 Å². The number of hydrogen-bond acceptors (Lipinski definition) is 5. The van der Waals surface area contributed by atoms with Gasteiger partial charge in [0.15, 0.2) is 6.10 Å². The maximum Gasteiger partial charge on any atom is 0.338 e. The van der Waals surface area contributed by atoms with Crippen LogP contribution >= 0.6 is 0 Å². The van der Waals surface area contributed by atoms with Crippen molar-refractivity contribution in [1.29, 1.82) is 0 Å². The SMILES string of the molecule is C=CCNC(=O)[C@@H](C)OC(=O)c1ccc2c(c1)C(=O)N(c1cc(C)ccc1C)C2=O. The van der Waals surface area contributed by atoms with Gasteiger partial charge in [-0.2, -0.15) is 0 Å². The lowest BCUT2D eigenvalue weighted by Gasteiger charge is -2.17. The van der Waals surface area contributed by atoms with Crippen molar-refractivity contribution in [3.8, 4) is 0 Å². The van der Waals surface area contributed by atoms with Gasteiger partial charge in [-0.3, -0.25) is 14.4 Å². The Balaban J connectivity index is 1.85. The standard InChI is InChI=1S/C23H22N2O5/c1-5-10-24-20(26)15(4)30-23(29)16-8-9-17-18(12-16)22(28)25(21(17)27)19-11-13(2)6-7-14(19)3/h5-9,11-12,15H,1,10H2,2-4H3,(H,24,26)/t15-/m1/s1. The Hall–Kier alpha value is -3.74. The zero-order valence-corrected chi connectivity index (χ0v) is 17.0. The zero-order valence-electron chi connectivity index (χ0n) is 17.0. The molecule has 0 unspecified atom stereocenters. The summed E-state index contributed by atoms with van der Waals surface area (Å²) in [6.45, 7) is 8.89. The van der Waals surface area contributed by atoms with Crippen molar-refractivity contribution in [2.24, 2.45) is 0 Å². The molecule has 0 saturated carbocycles. The molecule has 3 rings (SSSR count). The van der Waals surface area contributed by atoms with E-state index in [1.165, 1.54) is 31.2 Å². The van der Waals surface area contributed by atoms with Crippen LogP contribution < -0.4 is 10.2 Å². The molecule has 3 amide bonds. The number of carbonyl (C=O) groups excluding carboxylic acids is 4. The number of esters is 1. The smallest absolute Gasteiger partial charge is 0.338 e. The molecule has 0 aromatic heterocycles. The summed E-state index contributed by atoms with van der Waals surface area (Å²) in [6, 6.07) is 9.69. The molecule has 0 aliphatic carbocycles. The van der Waals surface area contributed by atoms with Gasteiger partial charge >= 0.3 is 5.97 Å². The molecule has 1 heterocycles. The van der Waals surface area contributed by atoms with Crippen LogP contribution in [0, 0.1) is 13.8 Å². The second kappa shape index (κ2) is 8.32. The Bertz CT molecular complexity index is 1070. The molecule has 0 saturated heterocycles. The maximum absolute atomic E-state index is 13.0. The molecule has 30 heavy (non-hydrogen) atoms. The van der Waals surface area contributed by atoms with Gasteiger partial charge in [0.05, 0.1) is 22.4 Å². The van der Waals surface area contributed by atoms with E-state index < -0.39 is 29.8 Å². The summed E-state index contributed by atoms with van der Waals surface area (Å²) in [5, 5.41) is 2.54. The van der Waals surface area contributed by atoms with Gasteiger partial charge in [0.1, 0.15) is 0 Å². The minimum Gasteiger partial charge on any atom is -0.449 e. The number of hydrogen-bond donors (Lipinski definition) is 1. The summed E-state index contributed by atoms with van der Waals surface area (Å²) >= 11 is 0. The van der Waals surface area contributed by atoms with Gasteiger partial charge < -0.3 is 10.1 Å². The molecule has 7 heteroatoms.